The molecule has 0 aliphatic carbocycles. The number of hydrogen-bond donors (Lipinski definition) is 1. The average molecular weight is 378 g/mol. The van der Waals surface area contributed by atoms with E-state index >= 15 is 0 Å². The van der Waals surface area contributed by atoms with E-state index in [4.69, 9.17) is 4.74 Å². The van der Waals surface area contributed by atoms with Crippen molar-refractivity contribution >= 4 is 21.6 Å². The number of nitrogens with zero attached hydrogens (tertiary/aromatic N) is 1. The minimum absolute atomic E-state index is 0.0827. The Labute approximate surface area is 151 Å². The van der Waals surface area contributed by atoms with E-state index in [1.807, 2.05) is 0 Å². The number of anilines is 1. The van der Waals surface area contributed by atoms with Gasteiger partial charge in [-0.15, -0.1) is 0 Å². The second kappa shape index (κ2) is 7.43. The van der Waals surface area contributed by atoms with Crippen LogP contribution in [-0.4, -0.2) is 38.8 Å². The van der Waals surface area contributed by atoms with Crippen LogP contribution in [0.4, 0.5) is 10.1 Å². The van der Waals surface area contributed by atoms with Gasteiger partial charge in [0.1, 0.15) is 11.6 Å². The Bertz CT molecular complexity index is 907. The van der Waals surface area contributed by atoms with Crippen LogP contribution in [0.1, 0.15) is 23.2 Å². The van der Waals surface area contributed by atoms with Crippen LogP contribution in [0.5, 0.6) is 5.75 Å². The van der Waals surface area contributed by atoms with Crippen LogP contribution in [0.15, 0.2) is 47.4 Å². The van der Waals surface area contributed by atoms with Gasteiger partial charge < -0.3 is 10.1 Å². The third-order valence-electron chi connectivity index (χ3n) is 4.23. The van der Waals surface area contributed by atoms with Crippen LogP contribution in [0.3, 0.4) is 0 Å². The molecule has 1 aliphatic rings. The highest BCUT2D eigenvalue weighted by Crippen LogP contribution is 2.23. The van der Waals surface area contributed by atoms with Crippen molar-refractivity contribution in [2.24, 2.45) is 0 Å². The molecule has 1 N–H and O–H groups in total. The van der Waals surface area contributed by atoms with E-state index in [-0.39, 0.29) is 10.5 Å². The summed E-state index contributed by atoms with van der Waals surface area (Å²) in [5.41, 5.74) is 0.129. The van der Waals surface area contributed by atoms with Crippen molar-refractivity contribution in [1.29, 1.82) is 0 Å². The van der Waals surface area contributed by atoms with E-state index in [0.29, 0.717) is 24.5 Å². The largest absolute Gasteiger partial charge is 0.497 e. The number of nitrogens with one attached hydrogen (secondary N) is 1. The maximum Gasteiger partial charge on any atom is 0.258 e. The Kier molecular flexibility index (Phi) is 5.24. The monoisotopic (exact) mass is 378 g/mol. The lowest BCUT2D eigenvalue weighted by molar-refractivity contribution is 0.102. The summed E-state index contributed by atoms with van der Waals surface area (Å²) in [5.74, 6) is -0.879. The van der Waals surface area contributed by atoms with Crippen LogP contribution >= 0.6 is 0 Å². The number of halogens is 1. The van der Waals surface area contributed by atoms with Crippen LogP contribution in [-0.2, 0) is 10.0 Å². The molecule has 0 radical (unpaired) electrons. The van der Waals surface area contributed by atoms with Crippen molar-refractivity contribution in [1.82, 2.24) is 4.31 Å². The summed E-state index contributed by atoms with van der Waals surface area (Å²) in [5, 5.41) is 2.56. The molecule has 1 heterocycles. The first kappa shape index (κ1) is 18.3. The highest BCUT2D eigenvalue weighted by molar-refractivity contribution is 7.89. The molecule has 0 spiro atoms. The normalized spacial score (nSPS) is 15.0. The molecule has 1 amide bonds. The van der Waals surface area contributed by atoms with E-state index in [9.17, 15) is 17.6 Å². The fraction of sp³-hybridized carbons (Fsp3) is 0.278. The van der Waals surface area contributed by atoms with Crippen molar-refractivity contribution in [3.05, 3.63) is 53.8 Å². The number of carbonyl (C=O) groups excluding carboxylic acids is 1. The Morgan fingerprint density at radius 2 is 1.77 bits per heavy atom. The lowest BCUT2D eigenvalue weighted by Gasteiger charge is -2.16. The SMILES string of the molecule is COc1ccc(NC(=O)c2cc(S(=O)(=O)N3CCCC3)ccc2F)cc1. The number of methoxy groups -OCH3 is 1. The molecule has 0 bridgehead atoms. The molecule has 1 aliphatic heterocycles. The molecular formula is C18H19FN2O4S. The van der Waals surface area contributed by atoms with Gasteiger partial charge >= 0.3 is 0 Å². The van der Waals surface area contributed by atoms with Crippen molar-refractivity contribution in [3.63, 3.8) is 0 Å². The predicted octanol–water partition coefficient (Wildman–Crippen LogP) is 2.87. The molecule has 2 aromatic carbocycles. The molecule has 0 unspecified atom stereocenters. The fourth-order valence-electron chi connectivity index (χ4n) is 2.79. The van der Waals surface area contributed by atoms with Crippen molar-refractivity contribution < 1.29 is 22.3 Å². The number of rotatable bonds is 5. The smallest absolute Gasteiger partial charge is 0.258 e. The molecule has 26 heavy (non-hydrogen) atoms. The van der Waals surface area contributed by atoms with Gasteiger partial charge in [-0.2, -0.15) is 4.31 Å². The van der Waals surface area contributed by atoms with Gasteiger partial charge in [-0.3, -0.25) is 4.79 Å². The summed E-state index contributed by atoms with van der Waals surface area (Å²) in [6.45, 7) is 0.875. The van der Waals surface area contributed by atoms with Crippen LogP contribution in [0.2, 0.25) is 0 Å². The predicted molar refractivity (Wildman–Crippen MR) is 95.3 cm³/mol. The van der Waals surface area contributed by atoms with Crippen LogP contribution in [0.25, 0.3) is 0 Å². The Balaban J connectivity index is 1.85. The van der Waals surface area contributed by atoms with Gasteiger partial charge in [0.15, 0.2) is 0 Å². The van der Waals surface area contributed by atoms with Crippen molar-refractivity contribution in [3.8, 4) is 5.75 Å². The first-order valence-corrected chi connectivity index (χ1v) is 9.61. The molecular weight excluding hydrogens is 359 g/mol. The molecule has 2 aromatic rings. The summed E-state index contributed by atoms with van der Waals surface area (Å²) in [6.07, 6.45) is 1.59. The quantitative estimate of drug-likeness (QED) is 0.868. The Morgan fingerprint density at radius 3 is 2.38 bits per heavy atom. The second-order valence-electron chi connectivity index (χ2n) is 5.94. The zero-order valence-electron chi connectivity index (χ0n) is 14.2. The van der Waals surface area contributed by atoms with E-state index in [1.165, 1.54) is 17.5 Å². The summed E-state index contributed by atoms with van der Waals surface area (Å²) >= 11 is 0. The maximum atomic E-state index is 14.1. The van der Waals surface area contributed by atoms with E-state index < -0.39 is 21.7 Å². The van der Waals surface area contributed by atoms with Gasteiger partial charge in [0, 0.05) is 18.8 Å². The van der Waals surface area contributed by atoms with Gasteiger partial charge in [0.25, 0.3) is 5.91 Å². The zero-order valence-corrected chi connectivity index (χ0v) is 15.1. The number of sulfonamides is 1. The molecule has 0 saturated carbocycles. The third-order valence-corrected chi connectivity index (χ3v) is 6.13. The van der Waals surface area contributed by atoms with Crippen molar-refractivity contribution in [2.45, 2.75) is 17.7 Å². The molecule has 0 atom stereocenters. The lowest BCUT2D eigenvalue weighted by Crippen LogP contribution is -2.28. The molecule has 6 nitrogen and oxygen atoms in total. The number of hydrogen-bond acceptors (Lipinski definition) is 4. The number of carbonyl (C=O) groups is 1. The Hall–Kier alpha value is -2.45. The Morgan fingerprint density at radius 1 is 1.12 bits per heavy atom. The molecule has 1 fully saturated rings. The first-order valence-electron chi connectivity index (χ1n) is 8.17. The van der Waals surface area contributed by atoms with Crippen LogP contribution in [0, 0.1) is 5.82 Å². The third kappa shape index (κ3) is 3.71. The summed E-state index contributed by atoms with van der Waals surface area (Å²) < 4.78 is 45.7. The van der Waals surface area contributed by atoms with Gasteiger partial charge in [0.05, 0.1) is 17.6 Å². The van der Waals surface area contributed by atoms with E-state index in [1.54, 1.807) is 24.3 Å². The molecule has 0 aromatic heterocycles. The van der Waals surface area contributed by atoms with Crippen LogP contribution < -0.4 is 10.1 Å². The number of amides is 1. The standard InChI is InChI=1S/C18H19FN2O4S/c1-25-14-6-4-13(5-7-14)20-18(22)16-12-15(8-9-17(16)19)26(23,24)21-10-2-3-11-21/h4-9,12H,2-3,10-11H2,1H3,(H,20,22). The highest BCUT2D eigenvalue weighted by atomic mass is 32.2. The zero-order chi connectivity index (χ0) is 18.7. The van der Waals surface area contributed by atoms with E-state index in [2.05, 4.69) is 5.32 Å². The molecule has 8 heteroatoms. The van der Waals surface area contributed by atoms with Gasteiger partial charge in [-0.05, 0) is 55.3 Å². The number of ether oxygens (including phenoxy) is 1. The summed E-state index contributed by atoms with van der Waals surface area (Å²) in [7, 11) is -2.20. The highest BCUT2D eigenvalue weighted by Gasteiger charge is 2.28. The van der Waals surface area contributed by atoms with Gasteiger partial charge in [-0.1, -0.05) is 0 Å². The molecule has 138 valence electrons. The van der Waals surface area contributed by atoms with E-state index in [0.717, 1.165) is 25.0 Å². The summed E-state index contributed by atoms with van der Waals surface area (Å²) in [6, 6.07) is 9.81. The summed E-state index contributed by atoms with van der Waals surface area (Å²) in [4.78, 5) is 12.3. The topological polar surface area (TPSA) is 75.7 Å². The second-order valence-corrected chi connectivity index (χ2v) is 7.87. The fourth-order valence-corrected chi connectivity index (χ4v) is 4.33. The van der Waals surface area contributed by atoms with Gasteiger partial charge in [0.2, 0.25) is 10.0 Å². The number of benzene rings is 2. The maximum absolute atomic E-state index is 14.1. The van der Waals surface area contributed by atoms with Crippen molar-refractivity contribution in [2.75, 3.05) is 25.5 Å². The lowest BCUT2D eigenvalue weighted by atomic mass is 10.2. The first-order chi connectivity index (χ1) is 12.4. The minimum atomic E-state index is -3.72. The van der Waals surface area contributed by atoms with Gasteiger partial charge in [-0.25, -0.2) is 12.8 Å². The molecule has 1 saturated heterocycles. The minimum Gasteiger partial charge on any atom is -0.497 e. The molecule has 3 rings (SSSR count). The average Bonchev–Trinajstić information content (AvgIpc) is 3.18.